The summed E-state index contributed by atoms with van der Waals surface area (Å²) in [5, 5.41) is 6.85. The molecular weight excluding hydrogens is 479 g/mol. The Kier molecular flexibility index (Phi) is 5.83. The van der Waals surface area contributed by atoms with Crippen molar-refractivity contribution in [1.82, 2.24) is 9.78 Å². The van der Waals surface area contributed by atoms with E-state index in [0.717, 1.165) is 29.3 Å². The van der Waals surface area contributed by atoms with Crippen molar-refractivity contribution >= 4 is 29.0 Å². The Labute approximate surface area is 188 Å². The van der Waals surface area contributed by atoms with Crippen LogP contribution in [0.2, 0.25) is 10.0 Å². The molecule has 1 aromatic heterocycles. The first-order valence-electron chi connectivity index (χ1n) is 9.57. The van der Waals surface area contributed by atoms with Crippen LogP contribution < -0.4 is 5.32 Å². The zero-order valence-electron chi connectivity index (χ0n) is 16.2. The van der Waals surface area contributed by atoms with Gasteiger partial charge in [-0.25, -0.2) is 4.68 Å². The van der Waals surface area contributed by atoms with Gasteiger partial charge in [-0.1, -0.05) is 29.3 Å². The number of aromatic nitrogens is 2. The molecule has 2 aromatic carbocycles. The minimum Gasteiger partial charge on any atom is -0.370 e. The molecule has 0 fully saturated rings. The Bertz CT molecular complexity index is 1170. The predicted molar refractivity (Wildman–Crippen MR) is 110 cm³/mol. The highest BCUT2D eigenvalue weighted by Gasteiger charge is 2.37. The summed E-state index contributed by atoms with van der Waals surface area (Å²) in [5.41, 5.74) is -1.49. The topological polar surface area (TPSA) is 29.9 Å². The summed E-state index contributed by atoms with van der Waals surface area (Å²) in [6.07, 6.45) is -7.52. The number of alkyl halides is 6. The van der Waals surface area contributed by atoms with Crippen LogP contribution in [-0.2, 0) is 18.8 Å². The average Bonchev–Trinajstić information content (AvgIpc) is 2.88. The summed E-state index contributed by atoms with van der Waals surface area (Å²) in [5.74, 6) is 0.314. The van der Waals surface area contributed by atoms with Crippen LogP contribution in [0.25, 0.3) is 16.9 Å². The molecule has 170 valence electrons. The summed E-state index contributed by atoms with van der Waals surface area (Å²) in [4.78, 5) is 0. The second kappa shape index (κ2) is 8.19. The molecule has 4 rings (SSSR count). The molecule has 0 aliphatic carbocycles. The number of benzene rings is 2. The van der Waals surface area contributed by atoms with E-state index in [1.165, 1.54) is 18.2 Å². The molecule has 0 spiro atoms. The van der Waals surface area contributed by atoms with E-state index in [1.54, 1.807) is 0 Å². The fourth-order valence-corrected chi connectivity index (χ4v) is 4.12. The molecule has 1 aliphatic heterocycles. The maximum Gasteiger partial charge on any atom is 0.418 e. The molecule has 0 amide bonds. The minimum atomic E-state index is -4.71. The van der Waals surface area contributed by atoms with E-state index in [1.807, 2.05) is 0 Å². The number of hydrogen-bond acceptors (Lipinski definition) is 2. The maximum absolute atomic E-state index is 13.7. The van der Waals surface area contributed by atoms with Gasteiger partial charge in [0.25, 0.3) is 0 Å². The van der Waals surface area contributed by atoms with Crippen LogP contribution in [0.4, 0.5) is 32.2 Å². The van der Waals surface area contributed by atoms with E-state index in [0.29, 0.717) is 30.8 Å². The van der Waals surface area contributed by atoms with Crippen LogP contribution in [0.3, 0.4) is 0 Å². The first kappa shape index (κ1) is 22.8. The van der Waals surface area contributed by atoms with Gasteiger partial charge in [0.2, 0.25) is 0 Å². The van der Waals surface area contributed by atoms with E-state index < -0.39 is 28.5 Å². The van der Waals surface area contributed by atoms with Gasteiger partial charge in [0.1, 0.15) is 5.82 Å². The van der Waals surface area contributed by atoms with Gasteiger partial charge in [-0.3, -0.25) is 0 Å². The highest BCUT2D eigenvalue weighted by Crippen LogP contribution is 2.42. The molecule has 0 radical (unpaired) electrons. The summed E-state index contributed by atoms with van der Waals surface area (Å²) in [7, 11) is 0. The molecule has 1 N–H and O–H groups in total. The van der Waals surface area contributed by atoms with E-state index >= 15 is 0 Å². The third kappa shape index (κ3) is 4.28. The molecule has 32 heavy (non-hydrogen) atoms. The van der Waals surface area contributed by atoms with Gasteiger partial charge in [0.15, 0.2) is 0 Å². The third-order valence-corrected chi connectivity index (χ3v) is 5.73. The Balaban J connectivity index is 1.97. The lowest BCUT2D eigenvalue weighted by molar-refractivity contribution is -0.138. The first-order valence-corrected chi connectivity index (χ1v) is 10.3. The average molecular weight is 494 g/mol. The Morgan fingerprint density at radius 1 is 0.875 bits per heavy atom. The molecule has 3 nitrogen and oxygen atoms in total. The van der Waals surface area contributed by atoms with Crippen molar-refractivity contribution in [2.24, 2.45) is 0 Å². The van der Waals surface area contributed by atoms with Crippen molar-refractivity contribution in [3.8, 4) is 16.9 Å². The molecule has 0 bridgehead atoms. The first-order chi connectivity index (χ1) is 15.0. The number of fused-ring (bicyclic) bond motifs is 1. The van der Waals surface area contributed by atoms with Crippen molar-refractivity contribution in [2.45, 2.75) is 31.6 Å². The van der Waals surface area contributed by atoms with Crippen LogP contribution in [0, 0.1) is 0 Å². The van der Waals surface area contributed by atoms with Crippen molar-refractivity contribution in [2.75, 3.05) is 11.9 Å². The van der Waals surface area contributed by atoms with Crippen LogP contribution in [0.5, 0.6) is 0 Å². The summed E-state index contributed by atoms with van der Waals surface area (Å²) in [6, 6.07) is 6.65. The number of nitrogens with zero attached hydrogens (tertiary/aromatic N) is 2. The van der Waals surface area contributed by atoms with Crippen LogP contribution in [-0.4, -0.2) is 16.3 Å². The van der Waals surface area contributed by atoms with Gasteiger partial charge in [0, 0.05) is 22.7 Å². The molecule has 3 aromatic rings. The smallest absolute Gasteiger partial charge is 0.370 e. The number of anilines is 1. The third-order valence-electron chi connectivity index (χ3n) is 5.17. The SMILES string of the molecule is FC(F)(F)c1cc(-c2nn(-c3ccc(Cl)cc3C(F)(F)F)c3c2CCCCN3)ccc1Cl. The second-order valence-corrected chi connectivity index (χ2v) is 8.17. The van der Waals surface area contributed by atoms with E-state index in [2.05, 4.69) is 10.4 Å². The lowest BCUT2D eigenvalue weighted by atomic mass is 10.0. The Morgan fingerprint density at radius 2 is 1.59 bits per heavy atom. The number of rotatable bonds is 2. The van der Waals surface area contributed by atoms with Gasteiger partial charge < -0.3 is 5.32 Å². The number of halogens is 8. The van der Waals surface area contributed by atoms with Crippen LogP contribution in [0.1, 0.15) is 29.5 Å². The van der Waals surface area contributed by atoms with Crippen molar-refractivity contribution in [3.05, 3.63) is 63.1 Å². The second-order valence-electron chi connectivity index (χ2n) is 7.32. The fraction of sp³-hybridized carbons (Fsp3) is 0.286. The Hall–Kier alpha value is -2.39. The zero-order valence-corrected chi connectivity index (χ0v) is 17.7. The largest absolute Gasteiger partial charge is 0.418 e. The number of nitrogens with one attached hydrogen (secondary N) is 1. The summed E-state index contributed by atoms with van der Waals surface area (Å²) < 4.78 is 82.4. The molecular formula is C21H15Cl2F6N3. The monoisotopic (exact) mass is 493 g/mol. The quantitative estimate of drug-likeness (QED) is 0.372. The van der Waals surface area contributed by atoms with Gasteiger partial charge in [-0.05, 0) is 49.6 Å². The molecule has 0 saturated heterocycles. The van der Waals surface area contributed by atoms with E-state index in [4.69, 9.17) is 23.2 Å². The van der Waals surface area contributed by atoms with Crippen LogP contribution >= 0.6 is 23.2 Å². The fourth-order valence-electron chi connectivity index (χ4n) is 3.72. The standard InChI is InChI=1S/C21H15Cl2F6N3/c22-12-5-7-17(15(10-12)21(27,28)29)32-19-13(3-1-2-8-30-19)18(31-32)11-4-6-16(23)14(9-11)20(24,25)26/h4-7,9-10,30H,1-3,8H2. The highest BCUT2D eigenvalue weighted by molar-refractivity contribution is 6.31. The molecule has 11 heteroatoms. The number of hydrogen-bond donors (Lipinski definition) is 1. The molecule has 0 atom stereocenters. The highest BCUT2D eigenvalue weighted by atomic mass is 35.5. The van der Waals surface area contributed by atoms with Crippen molar-refractivity contribution in [3.63, 3.8) is 0 Å². The summed E-state index contributed by atoms with van der Waals surface area (Å²) >= 11 is 11.5. The normalized spacial score (nSPS) is 14.6. The van der Waals surface area contributed by atoms with E-state index in [-0.39, 0.29) is 22.0 Å². The van der Waals surface area contributed by atoms with E-state index in [9.17, 15) is 26.3 Å². The Morgan fingerprint density at radius 3 is 2.28 bits per heavy atom. The molecule has 2 heterocycles. The predicted octanol–water partition coefficient (Wildman–Crippen LogP) is 7.63. The van der Waals surface area contributed by atoms with Gasteiger partial charge in [-0.2, -0.15) is 31.4 Å². The lowest BCUT2D eigenvalue weighted by Gasteiger charge is -2.16. The molecule has 0 saturated carbocycles. The van der Waals surface area contributed by atoms with Gasteiger partial charge >= 0.3 is 12.4 Å². The van der Waals surface area contributed by atoms with Crippen molar-refractivity contribution < 1.29 is 26.3 Å². The van der Waals surface area contributed by atoms with Crippen LogP contribution in [0.15, 0.2) is 36.4 Å². The van der Waals surface area contributed by atoms with Gasteiger partial charge in [0.05, 0.1) is 27.5 Å². The van der Waals surface area contributed by atoms with Gasteiger partial charge in [-0.15, -0.1) is 0 Å². The molecule has 0 unspecified atom stereocenters. The van der Waals surface area contributed by atoms with Crippen molar-refractivity contribution in [1.29, 1.82) is 0 Å². The maximum atomic E-state index is 13.7. The summed E-state index contributed by atoms with van der Waals surface area (Å²) in [6.45, 7) is 0.488. The molecule has 1 aliphatic rings. The minimum absolute atomic E-state index is 0.0972. The zero-order chi connectivity index (χ0) is 23.3. The lowest BCUT2D eigenvalue weighted by Crippen LogP contribution is -2.14.